The molecule has 170 valence electrons. The third-order valence-electron chi connectivity index (χ3n) is 4.10. The zero-order valence-electron chi connectivity index (χ0n) is 16.4. The van der Waals surface area contributed by atoms with Crippen LogP contribution in [0, 0.1) is 0 Å². The molecule has 0 aliphatic heterocycles. The van der Waals surface area contributed by atoms with Gasteiger partial charge in [-0.1, -0.05) is 0 Å². The number of ether oxygens (including phenoxy) is 1. The quantitative estimate of drug-likeness (QED) is 0.426. The Morgan fingerprint density at radius 3 is 2.34 bits per heavy atom. The lowest BCUT2D eigenvalue weighted by molar-refractivity contribution is -0.137. The normalized spacial score (nSPS) is 11.7. The summed E-state index contributed by atoms with van der Waals surface area (Å²) in [6.45, 7) is 0.151. The fourth-order valence-electron chi connectivity index (χ4n) is 2.55. The third-order valence-corrected chi connectivity index (χ3v) is 6.27. The summed E-state index contributed by atoms with van der Waals surface area (Å²) < 4.78 is 69.9. The lowest BCUT2D eigenvalue weighted by Crippen LogP contribution is -2.14. The summed E-state index contributed by atoms with van der Waals surface area (Å²) >= 11 is 1.15. The van der Waals surface area contributed by atoms with Gasteiger partial charge in [0.1, 0.15) is 5.75 Å². The van der Waals surface area contributed by atoms with Crippen LogP contribution in [-0.2, 0) is 21.0 Å². The number of aromatic nitrogens is 1. The maximum atomic E-state index is 12.5. The minimum absolute atomic E-state index is 0.0237. The van der Waals surface area contributed by atoms with Gasteiger partial charge in [-0.05, 0) is 55.0 Å². The Kier molecular flexibility index (Phi) is 7.36. The van der Waals surface area contributed by atoms with Crippen molar-refractivity contribution >= 4 is 38.1 Å². The standard InChI is InChI=1S/C20H18F3N3O4S2/c21-20(22,23)14-3-7-16(8-4-14)30-12-1-2-18(27)25-15-5-9-17(10-6-15)32(28,29)26-19-24-11-13-31-19/h3-11,13H,1-2,12H2,(H,24,26)(H,25,27). The first-order valence-electron chi connectivity index (χ1n) is 9.26. The van der Waals surface area contributed by atoms with E-state index in [4.69, 9.17) is 4.74 Å². The van der Waals surface area contributed by atoms with Crippen LogP contribution in [0.2, 0.25) is 0 Å². The highest BCUT2D eigenvalue weighted by Crippen LogP contribution is 2.30. The van der Waals surface area contributed by atoms with Crippen molar-refractivity contribution in [1.82, 2.24) is 4.98 Å². The first-order chi connectivity index (χ1) is 15.1. The van der Waals surface area contributed by atoms with E-state index < -0.39 is 21.8 Å². The smallest absolute Gasteiger partial charge is 0.416 e. The van der Waals surface area contributed by atoms with Crippen LogP contribution >= 0.6 is 11.3 Å². The first-order valence-corrected chi connectivity index (χ1v) is 11.6. The number of rotatable bonds is 9. The maximum Gasteiger partial charge on any atom is 0.416 e. The number of sulfonamides is 1. The Bertz CT molecular complexity index is 1130. The largest absolute Gasteiger partial charge is 0.494 e. The number of benzene rings is 2. The number of alkyl halides is 3. The molecule has 12 heteroatoms. The van der Waals surface area contributed by atoms with Gasteiger partial charge in [-0.15, -0.1) is 11.3 Å². The fraction of sp³-hybridized carbons (Fsp3) is 0.200. The summed E-state index contributed by atoms with van der Waals surface area (Å²) in [5.41, 5.74) is -0.339. The van der Waals surface area contributed by atoms with E-state index in [-0.39, 0.29) is 34.7 Å². The molecule has 1 amide bonds. The zero-order chi connectivity index (χ0) is 23.2. The molecule has 0 spiro atoms. The molecule has 2 N–H and O–H groups in total. The third kappa shape index (κ3) is 6.69. The number of hydrogen-bond acceptors (Lipinski definition) is 6. The monoisotopic (exact) mass is 485 g/mol. The number of hydrogen-bond donors (Lipinski definition) is 2. The van der Waals surface area contributed by atoms with E-state index in [1.54, 1.807) is 5.38 Å². The van der Waals surface area contributed by atoms with Gasteiger partial charge in [-0.25, -0.2) is 13.4 Å². The van der Waals surface area contributed by atoms with E-state index >= 15 is 0 Å². The Morgan fingerprint density at radius 2 is 1.75 bits per heavy atom. The van der Waals surface area contributed by atoms with Gasteiger partial charge in [0, 0.05) is 23.7 Å². The first kappa shape index (κ1) is 23.5. The molecule has 3 aromatic rings. The summed E-state index contributed by atoms with van der Waals surface area (Å²) in [6.07, 6.45) is -2.46. The molecule has 0 aliphatic rings. The van der Waals surface area contributed by atoms with Gasteiger partial charge in [-0.3, -0.25) is 9.52 Å². The molecule has 0 atom stereocenters. The summed E-state index contributed by atoms with van der Waals surface area (Å²) in [5.74, 6) is -0.0286. The molecule has 0 saturated carbocycles. The molecule has 1 aromatic heterocycles. The van der Waals surface area contributed by atoms with Crippen LogP contribution in [0.3, 0.4) is 0 Å². The summed E-state index contributed by atoms with van der Waals surface area (Å²) in [7, 11) is -3.78. The molecule has 0 radical (unpaired) electrons. The fourth-order valence-corrected chi connectivity index (χ4v) is 4.34. The highest BCUT2D eigenvalue weighted by atomic mass is 32.2. The van der Waals surface area contributed by atoms with Crippen LogP contribution in [0.4, 0.5) is 24.0 Å². The van der Waals surface area contributed by atoms with E-state index in [1.165, 1.54) is 42.6 Å². The van der Waals surface area contributed by atoms with Crippen LogP contribution in [-0.4, -0.2) is 25.9 Å². The number of carbonyl (C=O) groups excluding carboxylic acids is 1. The van der Waals surface area contributed by atoms with Gasteiger partial charge >= 0.3 is 6.18 Å². The molecule has 0 bridgehead atoms. The number of halogens is 3. The van der Waals surface area contributed by atoms with Gasteiger partial charge in [0.05, 0.1) is 17.1 Å². The molecular formula is C20H18F3N3O4S2. The van der Waals surface area contributed by atoms with Crippen molar-refractivity contribution in [2.24, 2.45) is 0 Å². The lowest BCUT2D eigenvalue weighted by atomic mass is 10.2. The van der Waals surface area contributed by atoms with Gasteiger partial charge in [0.25, 0.3) is 10.0 Å². The van der Waals surface area contributed by atoms with Gasteiger partial charge in [0.15, 0.2) is 5.13 Å². The van der Waals surface area contributed by atoms with E-state index in [9.17, 15) is 26.4 Å². The van der Waals surface area contributed by atoms with Crippen LogP contribution in [0.25, 0.3) is 0 Å². The highest BCUT2D eigenvalue weighted by Gasteiger charge is 2.30. The van der Waals surface area contributed by atoms with E-state index in [2.05, 4.69) is 15.0 Å². The SMILES string of the molecule is O=C(CCCOc1ccc(C(F)(F)F)cc1)Nc1ccc(S(=O)(=O)Nc2nccs2)cc1. The van der Waals surface area contributed by atoms with Crippen molar-refractivity contribution in [2.45, 2.75) is 23.9 Å². The van der Waals surface area contributed by atoms with Crippen molar-refractivity contribution < 1.29 is 31.1 Å². The molecule has 0 aliphatic carbocycles. The van der Waals surface area contributed by atoms with Crippen LogP contribution in [0.15, 0.2) is 65.0 Å². The molecule has 3 rings (SSSR count). The summed E-state index contributed by atoms with van der Waals surface area (Å²) in [5, 5.41) is 4.54. The van der Waals surface area contributed by atoms with E-state index in [1.807, 2.05) is 0 Å². The maximum absolute atomic E-state index is 12.5. The van der Waals surface area contributed by atoms with Gasteiger partial charge in [0.2, 0.25) is 5.91 Å². The average molecular weight is 486 g/mol. The molecule has 0 fully saturated rings. The van der Waals surface area contributed by atoms with Crippen molar-refractivity contribution in [2.75, 3.05) is 16.6 Å². The molecule has 0 saturated heterocycles. The Labute approximate surface area is 186 Å². The molecule has 2 aromatic carbocycles. The number of nitrogens with zero attached hydrogens (tertiary/aromatic N) is 1. The Balaban J connectivity index is 1.43. The summed E-state index contributed by atoms with van der Waals surface area (Å²) in [4.78, 5) is 15.9. The molecule has 0 unspecified atom stereocenters. The number of nitrogens with one attached hydrogen (secondary N) is 2. The average Bonchev–Trinajstić information content (AvgIpc) is 3.24. The Hall–Kier alpha value is -3.12. The zero-order valence-corrected chi connectivity index (χ0v) is 18.1. The Morgan fingerprint density at radius 1 is 1.06 bits per heavy atom. The van der Waals surface area contributed by atoms with Crippen molar-refractivity contribution in [3.63, 3.8) is 0 Å². The summed E-state index contributed by atoms with van der Waals surface area (Å²) in [6, 6.07) is 9.96. The number of carbonyl (C=O) groups is 1. The molecular weight excluding hydrogens is 467 g/mol. The second-order valence-electron chi connectivity index (χ2n) is 6.49. The minimum Gasteiger partial charge on any atom is -0.494 e. The van der Waals surface area contributed by atoms with Crippen molar-refractivity contribution in [3.05, 3.63) is 65.7 Å². The van der Waals surface area contributed by atoms with Gasteiger partial charge < -0.3 is 10.1 Å². The molecule has 32 heavy (non-hydrogen) atoms. The van der Waals surface area contributed by atoms with E-state index in [0.717, 1.165) is 23.5 Å². The number of anilines is 2. The molecule has 7 nitrogen and oxygen atoms in total. The topological polar surface area (TPSA) is 97.4 Å². The van der Waals surface area contributed by atoms with Crippen molar-refractivity contribution in [3.8, 4) is 5.75 Å². The van der Waals surface area contributed by atoms with E-state index in [0.29, 0.717) is 12.1 Å². The number of amides is 1. The van der Waals surface area contributed by atoms with Crippen LogP contribution in [0.5, 0.6) is 5.75 Å². The van der Waals surface area contributed by atoms with Crippen molar-refractivity contribution in [1.29, 1.82) is 0 Å². The number of thiazole rings is 1. The second-order valence-corrected chi connectivity index (χ2v) is 9.07. The lowest BCUT2D eigenvalue weighted by Gasteiger charge is -2.10. The van der Waals surface area contributed by atoms with Crippen LogP contribution < -0.4 is 14.8 Å². The molecule has 1 heterocycles. The highest BCUT2D eigenvalue weighted by molar-refractivity contribution is 7.93. The predicted octanol–water partition coefficient (Wildman–Crippen LogP) is 4.76. The predicted molar refractivity (Wildman–Crippen MR) is 114 cm³/mol. The van der Waals surface area contributed by atoms with Crippen LogP contribution in [0.1, 0.15) is 18.4 Å². The van der Waals surface area contributed by atoms with Gasteiger partial charge in [-0.2, -0.15) is 13.2 Å². The second kappa shape index (κ2) is 10.0. The minimum atomic E-state index is -4.41.